The van der Waals surface area contributed by atoms with Gasteiger partial charge in [0.1, 0.15) is 17.7 Å². The van der Waals surface area contributed by atoms with E-state index in [-0.39, 0.29) is 6.10 Å². The van der Waals surface area contributed by atoms with Crippen molar-refractivity contribution in [1.29, 1.82) is 0 Å². The number of anilines is 1. The molecule has 0 amide bonds. The summed E-state index contributed by atoms with van der Waals surface area (Å²) in [5.41, 5.74) is 0.280. The van der Waals surface area contributed by atoms with E-state index in [2.05, 4.69) is 4.98 Å². The molecule has 0 saturated heterocycles. The van der Waals surface area contributed by atoms with Gasteiger partial charge in [0.05, 0.1) is 5.56 Å². The first-order valence-corrected chi connectivity index (χ1v) is 8.94. The Bertz CT molecular complexity index is 852. The van der Waals surface area contributed by atoms with Crippen LogP contribution in [0.1, 0.15) is 23.7 Å². The summed E-state index contributed by atoms with van der Waals surface area (Å²) in [5, 5.41) is 0. The third kappa shape index (κ3) is 5.25. The summed E-state index contributed by atoms with van der Waals surface area (Å²) in [7, 11) is 1.95. The molecule has 0 saturated carbocycles. The number of nitrogens with zero attached hydrogens (tertiary/aromatic N) is 2. The molecule has 0 N–H and O–H groups in total. The third-order valence-electron chi connectivity index (χ3n) is 4.40. The highest BCUT2D eigenvalue weighted by Crippen LogP contribution is 2.32. The van der Waals surface area contributed by atoms with Crippen LogP contribution in [0.15, 0.2) is 79.0 Å². The lowest BCUT2D eigenvalue weighted by Crippen LogP contribution is -2.23. The number of hydrogen-bond donors (Lipinski definition) is 0. The van der Waals surface area contributed by atoms with Crippen molar-refractivity contribution in [3.05, 3.63) is 90.1 Å². The summed E-state index contributed by atoms with van der Waals surface area (Å²) in [6.07, 6.45) is -2.26. The van der Waals surface area contributed by atoms with Crippen molar-refractivity contribution in [2.45, 2.75) is 18.7 Å². The molecule has 0 fully saturated rings. The Morgan fingerprint density at radius 1 is 0.929 bits per heavy atom. The first kappa shape index (κ1) is 19.7. The standard InChI is InChI=1S/C22H21F3N2O/c1-27(21-9-5-6-15-26-21)16-14-20(17-7-3-2-4-8-17)28-19-12-10-18(11-13-19)22(23,24)25/h2-13,15,20H,14,16H2,1H3. The minimum Gasteiger partial charge on any atom is -0.486 e. The Kier molecular flexibility index (Phi) is 6.19. The number of hydrogen-bond acceptors (Lipinski definition) is 3. The number of ether oxygens (including phenoxy) is 1. The minimum atomic E-state index is -4.36. The summed E-state index contributed by atoms with van der Waals surface area (Å²) in [6.45, 7) is 0.678. The number of alkyl halides is 3. The smallest absolute Gasteiger partial charge is 0.416 e. The van der Waals surface area contributed by atoms with E-state index in [0.717, 1.165) is 23.5 Å². The number of aromatic nitrogens is 1. The fourth-order valence-electron chi connectivity index (χ4n) is 2.85. The quantitative estimate of drug-likeness (QED) is 0.517. The van der Waals surface area contributed by atoms with Crippen molar-refractivity contribution in [2.24, 2.45) is 0 Å². The monoisotopic (exact) mass is 386 g/mol. The lowest BCUT2D eigenvalue weighted by atomic mass is 10.1. The number of halogens is 3. The largest absolute Gasteiger partial charge is 0.486 e. The molecule has 1 unspecified atom stereocenters. The Balaban J connectivity index is 1.73. The Hall–Kier alpha value is -3.02. The van der Waals surface area contributed by atoms with Crippen LogP contribution in [0, 0.1) is 0 Å². The highest BCUT2D eigenvalue weighted by Gasteiger charge is 2.30. The molecule has 1 aromatic heterocycles. The predicted octanol–water partition coefficient (Wildman–Crippen LogP) is 5.75. The summed E-state index contributed by atoms with van der Waals surface area (Å²) in [4.78, 5) is 6.34. The SMILES string of the molecule is CN(CCC(Oc1ccc(C(F)(F)F)cc1)c1ccccc1)c1ccccn1. The van der Waals surface area contributed by atoms with Crippen LogP contribution < -0.4 is 9.64 Å². The molecule has 1 atom stereocenters. The zero-order valence-corrected chi connectivity index (χ0v) is 15.4. The maximum atomic E-state index is 12.8. The molecule has 3 nitrogen and oxygen atoms in total. The minimum absolute atomic E-state index is 0.288. The van der Waals surface area contributed by atoms with Gasteiger partial charge in [-0.25, -0.2) is 4.98 Å². The van der Waals surface area contributed by atoms with Crippen LogP contribution >= 0.6 is 0 Å². The highest BCUT2D eigenvalue weighted by molar-refractivity contribution is 5.36. The van der Waals surface area contributed by atoms with E-state index in [1.165, 1.54) is 12.1 Å². The number of benzene rings is 2. The average Bonchev–Trinajstić information content (AvgIpc) is 2.72. The van der Waals surface area contributed by atoms with E-state index < -0.39 is 11.7 Å². The molecule has 28 heavy (non-hydrogen) atoms. The maximum absolute atomic E-state index is 12.8. The molecule has 0 spiro atoms. The van der Waals surface area contributed by atoms with E-state index in [1.807, 2.05) is 60.5 Å². The predicted molar refractivity (Wildman–Crippen MR) is 103 cm³/mol. The van der Waals surface area contributed by atoms with Gasteiger partial charge in [-0.15, -0.1) is 0 Å². The Morgan fingerprint density at radius 2 is 1.61 bits per heavy atom. The molecular formula is C22H21F3N2O. The molecule has 2 aromatic carbocycles. The van der Waals surface area contributed by atoms with Gasteiger partial charge in [0.15, 0.2) is 0 Å². The third-order valence-corrected chi connectivity index (χ3v) is 4.40. The van der Waals surface area contributed by atoms with Crippen LogP contribution in [0.3, 0.4) is 0 Å². The van der Waals surface area contributed by atoms with Crippen LogP contribution in [-0.4, -0.2) is 18.6 Å². The molecule has 6 heteroatoms. The van der Waals surface area contributed by atoms with Gasteiger partial charge in [-0.3, -0.25) is 0 Å². The molecule has 0 bridgehead atoms. The van der Waals surface area contributed by atoms with E-state index in [9.17, 15) is 13.2 Å². The molecule has 3 aromatic rings. The van der Waals surface area contributed by atoms with Crippen LogP contribution in [0.5, 0.6) is 5.75 Å². The van der Waals surface area contributed by atoms with Crippen LogP contribution in [0.4, 0.5) is 19.0 Å². The van der Waals surface area contributed by atoms with Crippen LogP contribution in [0.25, 0.3) is 0 Å². The van der Waals surface area contributed by atoms with Gasteiger partial charge in [-0.2, -0.15) is 13.2 Å². The van der Waals surface area contributed by atoms with Gasteiger partial charge in [-0.1, -0.05) is 36.4 Å². The first-order valence-electron chi connectivity index (χ1n) is 8.94. The highest BCUT2D eigenvalue weighted by atomic mass is 19.4. The fraction of sp³-hybridized carbons (Fsp3) is 0.227. The van der Waals surface area contributed by atoms with E-state index >= 15 is 0 Å². The number of rotatable bonds is 7. The Labute approximate surface area is 162 Å². The van der Waals surface area contributed by atoms with Gasteiger partial charge in [0, 0.05) is 26.2 Å². The molecule has 0 aliphatic carbocycles. The van der Waals surface area contributed by atoms with Crippen molar-refractivity contribution >= 4 is 5.82 Å². The average molecular weight is 386 g/mol. The topological polar surface area (TPSA) is 25.4 Å². The van der Waals surface area contributed by atoms with Crippen molar-refractivity contribution < 1.29 is 17.9 Å². The Morgan fingerprint density at radius 3 is 2.21 bits per heavy atom. The first-order chi connectivity index (χ1) is 13.4. The van der Waals surface area contributed by atoms with Crippen molar-refractivity contribution in [3.63, 3.8) is 0 Å². The second kappa shape index (κ2) is 8.78. The van der Waals surface area contributed by atoms with Crippen molar-refractivity contribution in [3.8, 4) is 5.75 Å². The second-order valence-electron chi connectivity index (χ2n) is 6.44. The summed E-state index contributed by atoms with van der Waals surface area (Å²) < 4.78 is 44.3. The lowest BCUT2D eigenvalue weighted by molar-refractivity contribution is -0.137. The molecule has 1 heterocycles. The van der Waals surface area contributed by atoms with E-state index in [1.54, 1.807) is 6.20 Å². The molecule has 0 aliphatic heterocycles. The van der Waals surface area contributed by atoms with Gasteiger partial charge < -0.3 is 9.64 Å². The maximum Gasteiger partial charge on any atom is 0.416 e. The van der Waals surface area contributed by atoms with E-state index in [4.69, 9.17) is 4.74 Å². The molecule has 3 rings (SSSR count). The van der Waals surface area contributed by atoms with Crippen molar-refractivity contribution in [1.82, 2.24) is 4.98 Å². The number of pyridine rings is 1. The summed E-state index contributed by atoms with van der Waals surface area (Å²) in [5.74, 6) is 1.26. The molecule has 0 aliphatic rings. The fourth-order valence-corrected chi connectivity index (χ4v) is 2.85. The molecular weight excluding hydrogens is 365 g/mol. The lowest BCUT2D eigenvalue weighted by Gasteiger charge is -2.24. The van der Waals surface area contributed by atoms with Crippen LogP contribution in [0.2, 0.25) is 0 Å². The van der Waals surface area contributed by atoms with E-state index in [0.29, 0.717) is 18.7 Å². The van der Waals surface area contributed by atoms with Crippen molar-refractivity contribution in [2.75, 3.05) is 18.5 Å². The zero-order valence-electron chi connectivity index (χ0n) is 15.4. The van der Waals surface area contributed by atoms with Gasteiger partial charge in [0.2, 0.25) is 0 Å². The summed E-state index contributed by atoms with van der Waals surface area (Å²) >= 11 is 0. The molecule has 146 valence electrons. The second-order valence-corrected chi connectivity index (χ2v) is 6.44. The van der Waals surface area contributed by atoms with Gasteiger partial charge in [-0.05, 0) is 42.0 Å². The molecule has 0 radical (unpaired) electrons. The normalized spacial score (nSPS) is 12.4. The van der Waals surface area contributed by atoms with Gasteiger partial charge >= 0.3 is 6.18 Å². The van der Waals surface area contributed by atoms with Crippen LogP contribution in [-0.2, 0) is 6.18 Å². The zero-order chi connectivity index (χ0) is 20.0. The van der Waals surface area contributed by atoms with Gasteiger partial charge in [0.25, 0.3) is 0 Å². The summed E-state index contributed by atoms with van der Waals surface area (Å²) in [6, 6.07) is 20.2.